The molecule has 6 nitrogen and oxygen atoms in total. The molecule has 1 aromatic rings. The summed E-state index contributed by atoms with van der Waals surface area (Å²) in [6, 6.07) is 9.98. The van der Waals surface area contributed by atoms with Gasteiger partial charge in [-0.1, -0.05) is 30.3 Å². The summed E-state index contributed by atoms with van der Waals surface area (Å²) in [4.78, 5) is 28.7. The molecule has 2 N–H and O–H groups in total. The van der Waals surface area contributed by atoms with E-state index in [0.29, 0.717) is 32.7 Å². The molecule has 3 rings (SSSR count). The number of piperidine rings is 1. The van der Waals surface area contributed by atoms with Crippen LogP contribution < -0.4 is 5.32 Å². The first-order valence-electron chi connectivity index (χ1n) is 9.12. The van der Waals surface area contributed by atoms with Crippen molar-refractivity contribution in [3.8, 4) is 0 Å². The number of carbonyl (C=O) groups excluding carboxylic acids is 2. The van der Waals surface area contributed by atoms with Crippen LogP contribution in [0, 0.1) is 5.41 Å². The van der Waals surface area contributed by atoms with Crippen LogP contribution in [0.1, 0.15) is 24.8 Å². The molecule has 0 unspecified atom stereocenters. The number of likely N-dealkylation sites (tertiary alicyclic amines) is 2. The van der Waals surface area contributed by atoms with Gasteiger partial charge in [0.1, 0.15) is 0 Å². The standard InChI is InChI=1S/C19H27N3O3/c23-14-13-21-11-4-8-19(17(21)24)9-12-22(15-19)18(25)20-10-7-16-5-2-1-3-6-16/h1-3,5-6,23H,4,7-15H2,(H,20,25)/t19-/m1/s1. The molecule has 0 aromatic heterocycles. The minimum atomic E-state index is -0.440. The largest absolute Gasteiger partial charge is 0.395 e. The highest BCUT2D eigenvalue weighted by molar-refractivity contribution is 5.85. The predicted octanol–water partition coefficient (Wildman–Crippen LogP) is 1.25. The second kappa shape index (κ2) is 7.87. The molecular formula is C19H27N3O3. The number of amides is 3. The molecule has 3 amide bonds. The normalized spacial score (nSPS) is 23.3. The Balaban J connectivity index is 1.51. The number of hydrogen-bond donors (Lipinski definition) is 2. The van der Waals surface area contributed by atoms with E-state index < -0.39 is 5.41 Å². The van der Waals surface area contributed by atoms with Gasteiger partial charge in [0.15, 0.2) is 0 Å². The van der Waals surface area contributed by atoms with Crippen molar-refractivity contribution in [3.63, 3.8) is 0 Å². The van der Waals surface area contributed by atoms with E-state index in [9.17, 15) is 9.59 Å². The van der Waals surface area contributed by atoms with Crippen molar-refractivity contribution in [2.75, 3.05) is 39.3 Å². The maximum atomic E-state index is 12.8. The number of carbonyl (C=O) groups is 2. The lowest BCUT2D eigenvalue weighted by Gasteiger charge is -2.39. The molecule has 2 aliphatic rings. The lowest BCUT2D eigenvalue weighted by atomic mass is 9.78. The molecule has 0 aliphatic carbocycles. The minimum Gasteiger partial charge on any atom is -0.395 e. The molecule has 2 fully saturated rings. The van der Waals surface area contributed by atoms with E-state index in [1.54, 1.807) is 9.80 Å². The molecule has 6 heteroatoms. The first kappa shape index (κ1) is 17.7. The van der Waals surface area contributed by atoms with Crippen molar-refractivity contribution in [3.05, 3.63) is 35.9 Å². The maximum absolute atomic E-state index is 12.8. The number of aliphatic hydroxyl groups is 1. The zero-order valence-corrected chi connectivity index (χ0v) is 14.6. The number of nitrogens with one attached hydrogen (secondary N) is 1. The summed E-state index contributed by atoms with van der Waals surface area (Å²) < 4.78 is 0. The first-order valence-corrected chi connectivity index (χ1v) is 9.12. The zero-order valence-electron chi connectivity index (χ0n) is 14.6. The number of aliphatic hydroxyl groups excluding tert-OH is 1. The highest BCUT2D eigenvalue weighted by Gasteiger charge is 2.49. The van der Waals surface area contributed by atoms with Crippen molar-refractivity contribution >= 4 is 11.9 Å². The third-order valence-electron chi connectivity index (χ3n) is 5.37. The molecule has 1 atom stereocenters. The fourth-order valence-corrected chi connectivity index (χ4v) is 3.98. The number of urea groups is 1. The van der Waals surface area contributed by atoms with Gasteiger partial charge in [-0.2, -0.15) is 0 Å². The SMILES string of the molecule is O=C(NCCc1ccccc1)N1CC[C@]2(CCCN(CCO)C2=O)C1. The number of hydrogen-bond acceptors (Lipinski definition) is 3. The minimum absolute atomic E-state index is 0.00843. The molecule has 1 spiro atoms. The summed E-state index contributed by atoms with van der Waals surface area (Å²) in [7, 11) is 0. The van der Waals surface area contributed by atoms with Crippen LogP contribution in [0.15, 0.2) is 30.3 Å². The lowest BCUT2D eigenvalue weighted by molar-refractivity contribution is -0.146. The van der Waals surface area contributed by atoms with Crippen LogP contribution >= 0.6 is 0 Å². The van der Waals surface area contributed by atoms with Crippen LogP contribution in [0.2, 0.25) is 0 Å². The summed E-state index contributed by atoms with van der Waals surface area (Å²) in [5.41, 5.74) is 0.757. The highest BCUT2D eigenvalue weighted by atomic mass is 16.3. The Kier molecular flexibility index (Phi) is 5.58. The van der Waals surface area contributed by atoms with Crippen LogP contribution in [-0.4, -0.2) is 66.2 Å². The highest BCUT2D eigenvalue weighted by Crippen LogP contribution is 2.39. The Morgan fingerprint density at radius 1 is 1.20 bits per heavy atom. The summed E-state index contributed by atoms with van der Waals surface area (Å²) in [6.45, 7) is 2.80. The monoisotopic (exact) mass is 345 g/mol. The van der Waals surface area contributed by atoms with E-state index in [1.165, 1.54) is 5.56 Å². The third kappa shape index (κ3) is 3.95. The van der Waals surface area contributed by atoms with Gasteiger partial charge in [0.25, 0.3) is 0 Å². The average Bonchev–Trinajstić information content (AvgIpc) is 3.05. The summed E-state index contributed by atoms with van der Waals surface area (Å²) >= 11 is 0. The lowest BCUT2D eigenvalue weighted by Crippen LogP contribution is -2.51. The van der Waals surface area contributed by atoms with Gasteiger partial charge in [0, 0.05) is 32.7 Å². The number of rotatable bonds is 5. The van der Waals surface area contributed by atoms with Gasteiger partial charge < -0.3 is 20.2 Å². The number of benzene rings is 1. The second-order valence-electron chi connectivity index (χ2n) is 7.04. The van der Waals surface area contributed by atoms with Gasteiger partial charge in [-0.25, -0.2) is 4.79 Å². The Morgan fingerprint density at radius 2 is 2.00 bits per heavy atom. The van der Waals surface area contributed by atoms with Crippen molar-refractivity contribution < 1.29 is 14.7 Å². The van der Waals surface area contributed by atoms with Crippen LogP contribution in [0.25, 0.3) is 0 Å². The van der Waals surface area contributed by atoms with Gasteiger partial charge >= 0.3 is 6.03 Å². The molecule has 136 valence electrons. The van der Waals surface area contributed by atoms with E-state index >= 15 is 0 Å². The van der Waals surface area contributed by atoms with Crippen molar-refractivity contribution in [2.45, 2.75) is 25.7 Å². The van der Waals surface area contributed by atoms with Crippen molar-refractivity contribution in [2.24, 2.45) is 5.41 Å². The molecule has 1 aromatic carbocycles. The van der Waals surface area contributed by atoms with Crippen LogP contribution in [0.5, 0.6) is 0 Å². The summed E-state index contributed by atoms with van der Waals surface area (Å²) in [5.74, 6) is 0.104. The van der Waals surface area contributed by atoms with Gasteiger partial charge in [0.2, 0.25) is 5.91 Å². The molecular weight excluding hydrogens is 318 g/mol. The van der Waals surface area contributed by atoms with E-state index in [2.05, 4.69) is 5.32 Å². The van der Waals surface area contributed by atoms with Gasteiger partial charge in [-0.15, -0.1) is 0 Å². The van der Waals surface area contributed by atoms with E-state index in [1.807, 2.05) is 30.3 Å². The van der Waals surface area contributed by atoms with Crippen molar-refractivity contribution in [1.82, 2.24) is 15.1 Å². The third-order valence-corrected chi connectivity index (χ3v) is 5.37. The average molecular weight is 345 g/mol. The van der Waals surface area contributed by atoms with Crippen LogP contribution in [0.3, 0.4) is 0 Å². The van der Waals surface area contributed by atoms with Crippen LogP contribution in [0.4, 0.5) is 4.79 Å². The first-order chi connectivity index (χ1) is 12.1. The smallest absolute Gasteiger partial charge is 0.317 e. The topological polar surface area (TPSA) is 72.9 Å². The van der Waals surface area contributed by atoms with Gasteiger partial charge in [0.05, 0.1) is 12.0 Å². The van der Waals surface area contributed by atoms with E-state index in [0.717, 1.165) is 25.7 Å². The molecule has 0 bridgehead atoms. The molecule has 2 heterocycles. The fraction of sp³-hybridized carbons (Fsp3) is 0.579. The molecule has 2 saturated heterocycles. The fourth-order valence-electron chi connectivity index (χ4n) is 3.98. The number of β-amino-alcohol motifs (C(OH)–C–C–N with tert-alkyl or cyclic N) is 1. The quantitative estimate of drug-likeness (QED) is 0.843. The Morgan fingerprint density at radius 3 is 2.76 bits per heavy atom. The van der Waals surface area contributed by atoms with Crippen LogP contribution in [-0.2, 0) is 11.2 Å². The number of nitrogens with zero attached hydrogens (tertiary/aromatic N) is 2. The van der Waals surface area contributed by atoms with E-state index in [-0.39, 0.29) is 18.5 Å². The Bertz CT molecular complexity index is 605. The maximum Gasteiger partial charge on any atom is 0.317 e. The predicted molar refractivity (Wildman–Crippen MR) is 95.1 cm³/mol. The van der Waals surface area contributed by atoms with Gasteiger partial charge in [-0.3, -0.25) is 4.79 Å². The summed E-state index contributed by atoms with van der Waals surface area (Å²) in [6.07, 6.45) is 3.30. The Labute approximate surface area is 148 Å². The molecule has 0 radical (unpaired) electrons. The van der Waals surface area contributed by atoms with E-state index in [4.69, 9.17) is 5.11 Å². The summed E-state index contributed by atoms with van der Waals surface area (Å²) in [5, 5.41) is 12.1. The molecule has 0 saturated carbocycles. The van der Waals surface area contributed by atoms with Gasteiger partial charge in [-0.05, 0) is 31.2 Å². The second-order valence-corrected chi connectivity index (χ2v) is 7.04. The molecule has 25 heavy (non-hydrogen) atoms. The molecule has 2 aliphatic heterocycles. The zero-order chi connectivity index (χ0) is 17.7. The van der Waals surface area contributed by atoms with Crippen molar-refractivity contribution in [1.29, 1.82) is 0 Å². The Hall–Kier alpha value is -2.08.